The van der Waals surface area contributed by atoms with Gasteiger partial charge in [0.05, 0.1) is 18.8 Å². The Kier molecular flexibility index (Phi) is 36.4. The first-order chi connectivity index (χ1) is 32.2. The van der Waals surface area contributed by atoms with Crippen LogP contribution in [-0.2, 0) is 32.7 Å². The lowest BCUT2D eigenvalue weighted by molar-refractivity contribution is -0.220. The molecule has 382 valence electrons. The van der Waals surface area contributed by atoms with E-state index in [9.17, 15) is 54.8 Å². The minimum Gasteiger partial charge on any atom is -0.462 e. The van der Waals surface area contributed by atoms with Gasteiger partial charge in [-0.1, -0.05) is 156 Å². The van der Waals surface area contributed by atoms with Crippen LogP contribution in [0.1, 0.15) is 142 Å². The number of unbranched alkanes of at least 4 members (excludes halogenated alkanes) is 11. The molecule has 0 amide bonds. The minimum absolute atomic E-state index is 0.0968. The Morgan fingerprint density at radius 3 is 1.76 bits per heavy atom. The molecule has 0 aromatic rings. The number of phosphoric ester groups is 1. The largest absolute Gasteiger partial charge is 0.472 e. The number of phosphoric acid groups is 1. The molecule has 0 aromatic heterocycles. The maximum absolute atomic E-state index is 12.8. The second-order valence-electron chi connectivity index (χ2n) is 16.6. The average Bonchev–Trinajstić information content (AvgIpc) is 3.30. The lowest BCUT2D eigenvalue weighted by atomic mass is 9.85. The van der Waals surface area contributed by atoms with Gasteiger partial charge < -0.3 is 50.1 Å². The predicted molar refractivity (Wildman–Crippen MR) is 260 cm³/mol. The van der Waals surface area contributed by atoms with Crippen LogP contribution in [-0.4, -0.2) is 121 Å². The monoisotopic (exact) mass is 967 g/mol. The van der Waals surface area contributed by atoms with Gasteiger partial charge in [-0.3, -0.25) is 18.6 Å². The zero-order valence-corrected chi connectivity index (χ0v) is 40.8. The van der Waals surface area contributed by atoms with Gasteiger partial charge in [0.15, 0.2) is 6.10 Å². The minimum atomic E-state index is -5.19. The number of ether oxygens (including phenoxy) is 2. The number of esters is 2. The first kappa shape index (κ1) is 61.7. The number of aliphatic hydroxyl groups is 7. The zero-order chi connectivity index (χ0) is 49.5. The summed E-state index contributed by atoms with van der Waals surface area (Å²) in [6.07, 6.45) is 32.2. The number of rotatable bonds is 38. The van der Waals surface area contributed by atoms with Crippen molar-refractivity contribution >= 4 is 19.8 Å². The van der Waals surface area contributed by atoms with Crippen LogP contribution >= 0.6 is 7.82 Å². The van der Waals surface area contributed by atoms with Gasteiger partial charge in [0.1, 0.15) is 43.2 Å². The van der Waals surface area contributed by atoms with E-state index in [2.05, 4.69) is 31.2 Å². The molecule has 1 saturated carbocycles. The molecule has 3 unspecified atom stereocenters. The first-order valence-corrected chi connectivity index (χ1v) is 25.8. The van der Waals surface area contributed by atoms with Gasteiger partial charge in [0.2, 0.25) is 0 Å². The molecule has 1 rings (SSSR count). The summed E-state index contributed by atoms with van der Waals surface area (Å²) >= 11 is 0. The predicted octanol–water partition coefficient (Wildman–Crippen LogP) is 7.77. The quantitative estimate of drug-likeness (QED) is 0.00968. The van der Waals surface area contributed by atoms with Crippen molar-refractivity contribution in [1.29, 1.82) is 0 Å². The smallest absolute Gasteiger partial charge is 0.462 e. The Labute approximate surface area is 399 Å². The van der Waals surface area contributed by atoms with Crippen molar-refractivity contribution in [2.75, 3.05) is 13.2 Å². The lowest BCUT2D eigenvalue weighted by Gasteiger charge is -2.41. The van der Waals surface area contributed by atoms with Gasteiger partial charge >= 0.3 is 19.8 Å². The van der Waals surface area contributed by atoms with Crippen molar-refractivity contribution in [3.8, 4) is 0 Å². The van der Waals surface area contributed by atoms with E-state index in [1.165, 1.54) is 19.3 Å². The van der Waals surface area contributed by atoms with Gasteiger partial charge in [-0.05, 0) is 70.6 Å². The molecule has 0 spiro atoms. The maximum atomic E-state index is 12.8. The first-order valence-electron chi connectivity index (χ1n) is 24.3. The van der Waals surface area contributed by atoms with E-state index in [1.54, 1.807) is 42.5 Å². The third kappa shape index (κ3) is 32.2. The summed E-state index contributed by atoms with van der Waals surface area (Å²) in [5, 5.41) is 70.3. The van der Waals surface area contributed by atoms with Crippen LogP contribution in [0, 0.1) is 0 Å². The molecule has 0 bridgehead atoms. The zero-order valence-electron chi connectivity index (χ0n) is 39.9. The fraction of sp³-hybridized carbons (Fsp3) is 0.647. The van der Waals surface area contributed by atoms with E-state index in [0.717, 1.165) is 64.2 Å². The summed E-state index contributed by atoms with van der Waals surface area (Å²) in [7, 11) is -5.19. The highest BCUT2D eigenvalue weighted by atomic mass is 31.2. The summed E-state index contributed by atoms with van der Waals surface area (Å²) < 4.78 is 33.4. The molecule has 15 nitrogen and oxygen atoms in total. The van der Waals surface area contributed by atoms with Crippen LogP contribution in [0.4, 0.5) is 0 Å². The van der Waals surface area contributed by atoms with Gasteiger partial charge in [0, 0.05) is 12.8 Å². The molecule has 67 heavy (non-hydrogen) atoms. The van der Waals surface area contributed by atoms with Gasteiger partial charge in [-0.15, -0.1) is 0 Å². The SMILES string of the molecule is CC/C=C\C[C@H](O)/C=C/C=C\C/C=C\C=C\[C@H](O)/C=C\CCCC(=O)O[C@H](COC(=O)CCCCCCCCC/C=C\C/C=C\CCCCC)COP(=O)(O)OC1[C@H](O)[C@H](O)C(O)[C@H](O)[C@H]1O. The number of aliphatic hydroxyl groups excluding tert-OH is 7. The number of carbonyl (C=O) groups excluding carboxylic acids is 2. The van der Waals surface area contributed by atoms with Crippen LogP contribution in [0.5, 0.6) is 0 Å². The van der Waals surface area contributed by atoms with Crippen molar-refractivity contribution < 1.29 is 73.3 Å². The lowest BCUT2D eigenvalue weighted by Crippen LogP contribution is -2.64. The van der Waals surface area contributed by atoms with E-state index < -0.39 is 87.9 Å². The summed E-state index contributed by atoms with van der Waals surface area (Å²) in [4.78, 5) is 35.8. The third-order valence-electron chi connectivity index (χ3n) is 10.6. The normalized spacial score (nSPS) is 23.0. The average molecular weight is 967 g/mol. The number of hydrogen-bond donors (Lipinski definition) is 8. The Hall–Kier alpha value is -3.31. The fourth-order valence-electron chi connectivity index (χ4n) is 6.64. The maximum Gasteiger partial charge on any atom is 0.472 e. The van der Waals surface area contributed by atoms with Crippen LogP contribution in [0.25, 0.3) is 0 Å². The van der Waals surface area contributed by atoms with Crippen LogP contribution in [0.15, 0.2) is 97.2 Å². The van der Waals surface area contributed by atoms with Crippen LogP contribution in [0.2, 0.25) is 0 Å². The number of allylic oxidation sites excluding steroid dienone is 12. The van der Waals surface area contributed by atoms with E-state index in [4.69, 9.17) is 18.5 Å². The molecule has 0 heterocycles. The van der Waals surface area contributed by atoms with Crippen molar-refractivity contribution in [2.24, 2.45) is 0 Å². The van der Waals surface area contributed by atoms with Crippen LogP contribution in [0.3, 0.4) is 0 Å². The highest BCUT2D eigenvalue weighted by molar-refractivity contribution is 7.47. The fourth-order valence-corrected chi connectivity index (χ4v) is 7.62. The van der Waals surface area contributed by atoms with Gasteiger partial charge in [0.25, 0.3) is 0 Å². The standard InChI is InChI=1S/C51H83O15P/c1-3-5-7-8-9-10-11-12-13-14-15-16-17-18-22-25-31-37-44(54)63-39-43(40-64-67(61,62)66-51-49(59)47(57)46(56)48(58)50(51)60)65-45(55)38-32-26-30-36-42(53)35-29-24-21-19-20-23-28-34-41(52)33-27-6-4-2/h6,9-10,12-13,20-21,23-24,27-30,34-36,41-43,46-53,56-60H,3-5,7-8,11,14-19,22,25-26,31-33,37-40H2,1-2H3,(H,61,62)/b10-9-,13-12-,23-20-,24-21-,27-6-,34-28+,35-29+,36-30-/t41-,42-,43+,46?,47-,48+,49+,50+,51?/m0/s1. The number of hydrogen-bond acceptors (Lipinski definition) is 14. The second-order valence-corrected chi connectivity index (χ2v) is 18.0. The Morgan fingerprint density at radius 2 is 1.12 bits per heavy atom. The summed E-state index contributed by atoms with van der Waals surface area (Å²) in [6.45, 7) is 2.91. The molecule has 0 saturated heterocycles. The molecule has 1 fully saturated rings. The molecule has 1 aliphatic carbocycles. The Bertz CT molecular complexity index is 1570. The van der Waals surface area contributed by atoms with Crippen molar-refractivity contribution in [1.82, 2.24) is 0 Å². The highest BCUT2D eigenvalue weighted by Gasteiger charge is 2.51. The van der Waals surface area contributed by atoms with E-state index in [0.29, 0.717) is 32.1 Å². The summed E-state index contributed by atoms with van der Waals surface area (Å²) in [5.41, 5.74) is 0. The van der Waals surface area contributed by atoms with Crippen molar-refractivity contribution in [3.63, 3.8) is 0 Å². The Morgan fingerprint density at radius 1 is 0.567 bits per heavy atom. The third-order valence-corrected chi connectivity index (χ3v) is 11.6. The molecule has 0 aliphatic heterocycles. The molecule has 0 radical (unpaired) electrons. The van der Waals surface area contributed by atoms with Crippen molar-refractivity contribution in [2.45, 2.75) is 197 Å². The molecular weight excluding hydrogens is 884 g/mol. The van der Waals surface area contributed by atoms with E-state index in [1.807, 2.05) is 37.3 Å². The topological polar surface area (TPSA) is 250 Å². The second kappa shape index (κ2) is 39.5. The van der Waals surface area contributed by atoms with Crippen LogP contribution < -0.4 is 0 Å². The van der Waals surface area contributed by atoms with Gasteiger partial charge in [-0.2, -0.15) is 0 Å². The molecule has 8 N–H and O–H groups in total. The van der Waals surface area contributed by atoms with E-state index >= 15 is 0 Å². The van der Waals surface area contributed by atoms with Gasteiger partial charge in [-0.25, -0.2) is 4.57 Å². The molecular formula is C51H83O15P. The van der Waals surface area contributed by atoms with Crippen molar-refractivity contribution in [3.05, 3.63) is 97.2 Å². The number of carbonyl (C=O) groups is 2. The van der Waals surface area contributed by atoms with E-state index in [-0.39, 0.29) is 12.8 Å². The summed E-state index contributed by atoms with van der Waals surface area (Å²) in [6, 6.07) is 0. The highest BCUT2D eigenvalue weighted by Crippen LogP contribution is 2.47. The summed E-state index contributed by atoms with van der Waals surface area (Å²) in [5.74, 6) is -1.30. The Balaban J connectivity index is 2.57. The molecule has 10 atom stereocenters. The molecule has 1 aliphatic rings. The molecule has 16 heteroatoms. The molecule has 0 aromatic carbocycles.